The molecule has 0 atom stereocenters. The zero-order chi connectivity index (χ0) is 14.0. The summed E-state index contributed by atoms with van der Waals surface area (Å²) in [6, 6.07) is 0. The van der Waals surface area contributed by atoms with Crippen molar-refractivity contribution in [2.75, 3.05) is 30.3 Å². The van der Waals surface area contributed by atoms with Gasteiger partial charge in [-0.05, 0) is 6.42 Å². The Morgan fingerprint density at radius 3 is 2.63 bits per heavy atom. The SMILES string of the molecule is CCCc1[nH]nc(C(=O)N2CCS(=O)(=O)CC2)c1N. The van der Waals surface area contributed by atoms with Gasteiger partial charge in [-0.25, -0.2) is 8.42 Å². The van der Waals surface area contributed by atoms with E-state index in [1.165, 1.54) is 4.90 Å². The second kappa shape index (κ2) is 5.20. The summed E-state index contributed by atoms with van der Waals surface area (Å²) in [4.78, 5) is 13.7. The topological polar surface area (TPSA) is 109 Å². The molecule has 2 heterocycles. The van der Waals surface area contributed by atoms with Crippen molar-refractivity contribution in [3.63, 3.8) is 0 Å². The number of carbonyl (C=O) groups is 1. The first-order valence-corrected chi connectivity index (χ1v) is 8.09. The molecule has 0 unspecified atom stereocenters. The van der Waals surface area contributed by atoms with Crippen molar-refractivity contribution in [3.05, 3.63) is 11.4 Å². The Hall–Kier alpha value is -1.57. The van der Waals surface area contributed by atoms with Crippen LogP contribution < -0.4 is 5.73 Å². The average molecular weight is 286 g/mol. The second-order valence-corrected chi connectivity index (χ2v) is 6.96. The van der Waals surface area contributed by atoms with E-state index in [1.807, 2.05) is 6.92 Å². The van der Waals surface area contributed by atoms with Crippen molar-refractivity contribution in [3.8, 4) is 0 Å². The van der Waals surface area contributed by atoms with Gasteiger partial charge in [-0.1, -0.05) is 13.3 Å². The Morgan fingerprint density at radius 1 is 1.42 bits per heavy atom. The highest BCUT2D eigenvalue weighted by atomic mass is 32.2. The standard InChI is InChI=1S/C11H18N4O3S/c1-2-3-8-9(12)10(14-13-8)11(16)15-4-6-19(17,18)7-5-15/h2-7,12H2,1H3,(H,13,14). The quantitative estimate of drug-likeness (QED) is 0.800. The largest absolute Gasteiger partial charge is 0.395 e. The molecule has 1 aliphatic heterocycles. The predicted molar refractivity (Wildman–Crippen MR) is 71.6 cm³/mol. The lowest BCUT2D eigenvalue weighted by Crippen LogP contribution is -2.44. The maximum absolute atomic E-state index is 12.2. The van der Waals surface area contributed by atoms with Crippen LogP contribution in [0, 0.1) is 0 Å². The number of H-pyrrole nitrogens is 1. The van der Waals surface area contributed by atoms with Crippen molar-refractivity contribution in [1.29, 1.82) is 0 Å². The first kappa shape index (κ1) is 13.9. The Labute approximate surface area is 112 Å². The second-order valence-electron chi connectivity index (χ2n) is 4.66. The number of rotatable bonds is 3. The molecule has 1 saturated heterocycles. The molecule has 1 aromatic rings. The van der Waals surface area contributed by atoms with E-state index in [4.69, 9.17) is 5.73 Å². The number of nitrogens with one attached hydrogen (secondary N) is 1. The molecule has 1 fully saturated rings. The lowest BCUT2D eigenvalue weighted by Gasteiger charge is -2.26. The van der Waals surface area contributed by atoms with E-state index in [9.17, 15) is 13.2 Å². The number of hydrogen-bond donors (Lipinski definition) is 2. The molecule has 106 valence electrons. The number of sulfone groups is 1. The molecule has 7 nitrogen and oxygen atoms in total. The normalized spacial score (nSPS) is 18.5. The molecule has 19 heavy (non-hydrogen) atoms. The van der Waals surface area contributed by atoms with Crippen LogP contribution in [0.2, 0.25) is 0 Å². The van der Waals surface area contributed by atoms with Gasteiger partial charge >= 0.3 is 0 Å². The summed E-state index contributed by atoms with van der Waals surface area (Å²) < 4.78 is 22.7. The number of aromatic nitrogens is 2. The highest BCUT2D eigenvalue weighted by Gasteiger charge is 2.28. The molecule has 0 spiro atoms. The maximum atomic E-state index is 12.2. The minimum atomic E-state index is -3.00. The molecule has 2 rings (SSSR count). The van der Waals surface area contributed by atoms with Crippen LogP contribution in [0.25, 0.3) is 0 Å². The summed E-state index contributed by atoms with van der Waals surface area (Å²) in [7, 11) is -3.00. The van der Waals surface area contributed by atoms with Gasteiger partial charge in [-0.2, -0.15) is 5.10 Å². The van der Waals surface area contributed by atoms with Gasteiger partial charge in [0.15, 0.2) is 15.5 Å². The van der Waals surface area contributed by atoms with Gasteiger partial charge in [0, 0.05) is 13.1 Å². The lowest BCUT2D eigenvalue weighted by atomic mass is 10.2. The minimum Gasteiger partial charge on any atom is -0.395 e. The first-order chi connectivity index (χ1) is 8.94. The number of anilines is 1. The van der Waals surface area contributed by atoms with Gasteiger partial charge in [0.25, 0.3) is 5.91 Å². The van der Waals surface area contributed by atoms with Gasteiger partial charge in [0.05, 0.1) is 22.9 Å². The third-order valence-electron chi connectivity index (χ3n) is 3.22. The molecule has 3 N–H and O–H groups in total. The van der Waals surface area contributed by atoms with Crippen LogP contribution >= 0.6 is 0 Å². The fourth-order valence-corrected chi connectivity index (χ4v) is 3.26. The smallest absolute Gasteiger partial charge is 0.276 e. The van der Waals surface area contributed by atoms with Gasteiger partial charge in [0.1, 0.15) is 0 Å². The van der Waals surface area contributed by atoms with E-state index >= 15 is 0 Å². The molecule has 8 heteroatoms. The third kappa shape index (κ3) is 2.89. The van der Waals surface area contributed by atoms with E-state index in [0.717, 1.165) is 18.5 Å². The van der Waals surface area contributed by atoms with E-state index < -0.39 is 9.84 Å². The van der Waals surface area contributed by atoms with Crippen molar-refractivity contribution >= 4 is 21.4 Å². The zero-order valence-electron chi connectivity index (χ0n) is 10.8. The van der Waals surface area contributed by atoms with Crippen molar-refractivity contribution in [2.24, 2.45) is 0 Å². The van der Waals surface area contributed by atoms with Gasteiger partial charge in [0.2, 0.25) is 0 Å². The Morgan fingerprint density at radius 2 is 2.05 bits per heavy atom. The van der Waals surface area contributed by atoms with Crippen molar-refractivity contribution in [2.45, 2.75) is 19.8 Å². The molecule has 0 radical (unpaired) electrons. The highest BCUT2D eigenvalue weighted by Crippen LogP contribution is 2.18. The van der Waals surface area contributed by atoms with Crippen LogP contribution in [0.15, 0.2) is 0 Å². The van der Waals surface area contributed by atoms with Crippen LogP contribution in [0.3, 0.4) is 0 Å². The monoisotopic (exact) mass is 286 g/mol. The number of nitrogens with zero attached hydrogens (tertiary/aromatic N) is 2. The van der Waals surface area contributed by atoms with E-state index in [1.54, 1.807) is 0 Å². The van der Waals surface area contributed by atoms with Gasteiger partial charge in [-0.3, -0.25) is 9.89 Å². The maximum Gasteiger partial charge on any atom is 0.276 e. The molecule has 1 amide bonds. The fourth-order valence-electron chi connectivity index (χ4n) is 2.06. The number of hydrogen-bond acceptors (Lipinski definition) is 5. The summed E-state index contributed by atoms with van der Waals surface area (Å²) in [5.74, 6) is -0.290. The molecule has 0 aromatic carbocycles. The summed E-state index contributed by atoms with van der Waals surface area (Å²) >= 11 is 0. The number of amides is 1. The lowest BCUT2D eigenvalue weighted by molar-refractivity contribution is 0.0765. The van der Waals surface area contributed by atoms with E-state index in [2.05, 4.69) is 10.2 Å². The summed E-state index contributed by atoms with van der Waals surface area (Å²) in [6.07, 6.45) is 1.64. The first-order valence-electron chi connectivity index (χ1n) is 6.27. The fraction of sp³-hybridized carbons (Fsp3) is 0.636. The molecular weight excluding hydrogens is 268 g/mol. The third-order valence-corrected chi connectivity index (χ3v) is 4.83. The molecule has 0 saturated carbocycles. The van der Waals surface area contributed by atoms with E-state index in [0.29, 0.717) is 5.69 Å². The number of carbonyl (C=O) groups excluding carboxylic acids is 1. The number of nitrogens with two attached hydrogens (primary N) is 1. The summed E-state index contributed by atoms with van der Waals surface area (Å²) in [5.41, 5.74) is 7.22. The van der Waals surface area contributed by atoms with Gasteiger partial charge < -0.3 is 10.6 Å². The molecule has 1 aliphatic rings. The van der Waals surface area contributed by atoms with Crippen LogP contribution in [0.4, 0.5) is 5.69 Å². The Kier molecular flexibility index (Phi) is 3.79. The Balaban J connectivity index is 2.12. The number of aryl methyl sites for hydroxylation is 1. The number of nitrogen functional groups attached to an aromatic ring is 1. The molecule has 1 aromatic heterocycles. The van der Waals surface area contributed by atoms with Crippen LogP contribution in [-0.4, -0.2) is 54.0 Å². The minimum absolute atomic E-state index is 0.00485. The van der Waals surface area contributed by atoms with E-state index in [-0.39, 0.29) is 36.2 Å². The van der Waals surface area contributed by atoms with Crippen LogP contribution in [-0.2, 0) is 16.3 Å². The average Bonchev–Trinajstić information content (AvgIpc) is 2.71. The highest BCUT2D eigenvalue weighted by molar-refractivity contribution is 7.91. The van der Waals surface area contributed by atoms with Crippen LogP contribution in [0.5, 0.6) is 0 Å². The van der Waals surface area contributed by atoms with Gasteiger partial charge in [-0.15, -0.1) is 0 Å². The molecular formula is C11H18N4O3S. The summed E-state index contributed by atoms with van der Waals surface area (Å²) in [5, 5.41) is 6.73. The van der Waals surface area contributed by atoms with Crippen molar-refractivity contribution < 1.29 is 13.2 Å². The predicted octanol–water partition coefficient (Wildman–Crippen LogP) is -0.185. The Bertz CT molecular complexity index is 565. The van der Waals surface area contributed by atoms with Crippen molar-refractivity contribution in [1.82, 2.24) is 15.1 Å². The summed E-state index contributed by atoms with van der Waals surface area (Å²) in [6.45, 7) is 2.42. The van der Waals surface area contributed by atoms with Crippen LogP contribution in [0.1, 0.15) is 29.5 Å². The molecule has 0 bridgehead atoms. The zero-order valence-corrected chi connectivity index (χ0v) is 11.7. The number of aromatic amines is 1. The molecule has 0 aliphatic carbocycles.